The average molecular weight is 293 g/mol. The highest BCUT2D eigenvalue weighted by Crippen LogP contribution is 2.33. The highest BCUT2D eigenvalue weighted by molar-refractivity contribution is 5.99. The van der Waals surface area contributed by atoms with Crippen LogP contribution in [0.5, 0.6) is 0 Å². The highest BCUT2D eigenvalue weighted by atomic mass is 19.1. The SMILES string of the molecule is COC(=O)c1cc(N)c(N)c(F)c1Nc1ccccc1F. The predicted molar refractivity (Wildman–Crippen MR) is 76.2 cm³/mol. The first-order valence-corrected chi connectivity index (χ1v) is 5.93. The molecule has 0 aliphatic rings. The highest BCUT2D eigenvalue weighted by Gasteiger charge is 2.21. The lowest BCUT2D eigenvalue weighted by atomic mass is 10.1. The summed E-state index contributed by atoms with van der Waals surface area (Å²) in [7, 11) is 1.14. The number of hydrogen-bond acceptors (Lipinski definition) is 5. The maximum atomic E-state index is 14.2. The molecule has 7 heteroatoms. The zero-order valence-electron chi connectivity index (χ0n) is 11.1. The number of carbonyl (C=O) groups excluding carboxylic acids is 1. The number of hydrogen-bond donors (Lipinski definition) is 3. The lowest BCUT2D eigenvalue weighted by Gasteiger charge is -2.15. The van der Waals surface area contributed by atoms with Gasteiger partial charge >= 0.3 is 5.97 Å². The zero-order chi connectivity index (χ0) is 15.6. The van der Waals surface area contributed by atoms with Gasteiger partial charge in [0.1, 0.15) is 5.82 Å². The Bertz CT molecular complexity index is 705. The molecule has 0 spiro atoms. The second-order valence-corrected chi connectivity index (χ2v) is 4.21. The van der Waals surface area contributed by atoms with Crippen LogP contribution in [0, 0.1) is 11.6 Å². The molecule has 0 saturated heterocycles. The minimum absolute atomic E-state index is 0.00859. The Labute approximate surface area is 119 Å². The third kappa shape index (κ3) is 2.71. The predicted octanol–water partition coefficient (Wildman–Crippen LogP) is 2.66. The van der Waals surface area contributed by atoms with Gasteiger partial charge in [0, 0.05) is 0 Å². The first-order valence-electron chi connectivity index (χ1n) is 5.93. The second kappa shape index (κ2) is 5.66. The van der Waals surface area contributed by atoms with Crippen LogP contribution in [0.3, 0.4) is 0 Å². The fraction of sp³-hybridized carbons (Fsp3) is 0.0714. The molecule has 21 heavy (non-hydrogen) atoms. The van der Waals surface area contributed by atoms with Crippen molar-refractivity contribution < 1.29 is 18.3 Å². The Kier molecular flexibility index (Phi) is 3.93. The molecule has 0 amide bonds. The van der Waals surface area contributed by atoms with Crippen molar-refractivity contribution in [1.29, 1.82) is 0 Å². The number of rotatable bonds is 3. The van der Waals surface area contributed by atoms with Crippen LogP contribution < -0.4 is 16.8 Å². The van der Waals surface area contributed by atoms with E-state index in [4.69, 9.17) is 11.5 Å². The summed E-state index contributed by atoms with van der Waals surface area (Å²) in [4.78, 5) is 11.7. The summed E-state index contributed by atoms with van der Waals surface area (Å²) < 4.78 is 32.4. The molecule has 0 fully saturated rings. The van der Waals surface area contributed by atoms with E-state index in [9.17, 15) is 13.6 Å². The summed E-state index contributed by atoms with van der Waals surface area (Å²) in [5.41, 5.74) is 10.1. The van der Waals surface area contributed by atoms with Gasteiger partial charge in [0.2, 0.25) is 0 Å². The van der Waals surface area contributed by atoms with Gasteiger partial charge in [-0.25, -0.2) is 13.6 Å². The van der Waals surface area contributed by atoms with Gasteiger partial charge < -0.3 is 21.5 Å². The standard InChI is InChI=1S/C14H13F2N3O2/c1-21-14(20)7-6-9(17)12(18)11(16)13(7)19-10-5-3-2-4-8(10)15/h2-6,19H,17-18H2,1H3. The van der Waals surface area contributed by atoms with Crippen LogP contribution in [0.1, 0.15) is 10.4 Å². The minimum atomic E-state index is -0.946. The number of para-hydroxylation sites is 1. The number of ether oxygens (including phenoxy) is 1. The van der Waals surface area contributed by atoms with E-state index in [1.807, 2.05) is 0 Å². The van der Waals surface area contributed by atoms with Gasteiger partial charge in [-0.15, -0.1) is 0 Å². The van der Waals surface area contributed by atoms with Gasteiger partial charge in [-0.3, -0.25) is 0 Å². The van der Waals surface area contributed by atoms with Crippen LogP contribution in [0.4, 0.5) is 31.5 Å². The summed E-state index contributed by atoms with van der Waals surface area (Å²) in [6.07, 6.45) is 0. The minimum Gasteiger partial charge on any atom is -0.465 e. The topological polar surface area (TPSA) is 90.4 Å². The van der Waals surface area contributed by atoms with E-state index < -0.39 is 17.6 Å². The van der Waals surface area contributed by atoms with Crippen molar-refractivity contribution in [2.75, 3.05) is 23.9 Å². The third-order valence-corrected chi connectivity index (χ3v) is 2.87. The maximum Gasteiger partial charge on any atom is 0.340 e. The van der Waals surface area contributed by atoms with Crippen molar-refractivity contribution in [3.63, 3.8) is 0 Å². The maximum absolute atomic E-state index is 14.2. The summed E-state index contributed by atoms with van der Waals surface area (Å²) in [5, 5.41) is 2.51. The number of anilines is 4. The number of benzene rings is 2. The molecular weight excluding hydrogens is 280 g/mol. The molecule has 0 saturated carbocycles. The molecule has 2 rings (SSSR count). The zero-order valence-corrected chi connectivity index (χ0v) is 11.1. The number of esters is 1. The fourth-order valence-corrected chi connectivity index (χ4v) is 1.78. The molecule has 2 aromatic rings. The van der Waals surface area contributed by atoms with E-state index in [1.54, 1.807) is 6.07 Å². The van der Waals surface area contributed by atoms with E-state index in [0.29, 0.717) is 0 Å². The van der Waals surface area contributed by atoms with E-state index >= 15 is 0 Å². The molecule has 5 N–H and O–H groups in total. The van der Waals surface area contributed by atoms with E-state index in [2.05, 4.69) is 10.1 Å². The van der Waals surface area contributed by atoms with Gasteiger partial charge in [0.15, 0.2) is 5.82 Å². The third-order valence-electron chi connectivity index (χ3n) is 2.87. The van der Waals surface area contributed by atoms with Crippen LogP contribution in [0.15, 0.2) is 30.3 Å². The Hall–Kier alpha value is -2.83. The molecule has 2 aromatic carbocycles. The Morgan fingerprint density at radius 2 is 1.90 bits per heavy atom. The van der Waals surface area contributed by atoms with Crippen LogP contribution >= 0.6 is 0 Å². The van der Waals surface area contributed by atoms with Gasteiger partial charge in [0.05, 0.1) is 35.4 Å². The number of nitrogens with one attached hydrogen (secondary N) is 1. The van der Waals surface area contributed by atoms with E-state index in [-0.39, 0.29) is 28.3 Å². The molecule has 0 heterocycles. The van der Waals surface area contributed by atoms with Crippen LogP contribution in [-0.4, -0.2) is 13.1 Å². The summed E-state index contributed by atoms with van der Waals surface area (Å²) in [6.45, 7) is 0. The lowest BCUT2D eigenvalue weighted by Crippen LogP contribution is -2.11. The number of halogens is 2. The smallest absolute Gasteiger partial charge is 0.340 e. The van der Waals surface area contributed by atoms with Crippen molar-refractivity contribution in [1.82, 2.24) is 0 Å². The molecule has 0 unspecified atom stereocenters. The fourth-order valence-electron chi connectivity index (χ4n) is 1.78. The van der Waals surface area contributed by atoms with Crippen molar-refractivity contribution in [2.45, 2.75) is 0 Å². The molecule has 0 atom stereocenters. The Morgan fingerprint density at radius 1 is 1.24 bits per heavy atom. The average Bonchev–Trinajstić information content (AvgIpc) is 2.48. The first kappa shape index (κ1) is 14.6. The first-order chi connectivity index (χ1) is 9.95. The van der Waals surface area contributed by atoms with E-state index in [0.717, 1.165) is 7.11 Å². The summed E-state index contributed by atoms with van der Waals surface area (Å²) in [5.74, 6) is -2.37. The van der Waals surface area contributed by atoms with Crippen LogP contribution in [0.25, 0.3) is 0 Å². The van der Waals surface area contributed by atoms with Crippen LogP contribution in [0.2, 0.25) is 0 Å². The number of carbonyl (C=O) groups is 1. The molecular formula is C14H13F2N3O2. The number of nitrogen functional groups attached to an aromatic ring is 2. The van der Waals surface area contributed by atoms with Gasteiger partial charge in [-0.05, 0) is 18.2 Å². The van der Waals surface area contributed by atoms with Crippen molar-refractivity contribution in [2.24, 2.45) is 0 Å². The molecule has 0 aliphatic carbocycles. The monoisotopic (exact) mass is 293 g/mol. The molecule has 0 radical (unpaired) electrons. The number of nitrogens with two attached hydrogens (primary N) is 2. The molecule has 0 aromatic heterocycles. The molecule has 5 nitrogen and oxygen atoms in total. The van der Waals surface area contributed by atoms with Crippen LogP contribution in [-0.2, 0) is 4.74 Å². The van der Waals surface area contributed by atoms with Crippen molar-refractivity contribution in [3.05, 3.63) is 47.5 Å². The Balaban J connectivity index is 2.59. The number of methoxy groups -OCH3 is 1. The van der Waals surface area contributed by atoms with Gasteiger partial charge in [0.25, 0.3) is 0 Å². The van der Waals surface area contributed by atoms with Gasteiger partial charge in [-0.1, -0.05) is 12.1 Å². The largest absolute Gasteiger partial charge is 0.465 e. The Morgan fingerprint density at radius 3 is 2.52 bits per heavy atom. The van der Waals surface area contributed by atoms with Crippen molar-refractivity contribution in [3.8, 4) is 0 Å². The second-order valence-electron chi connectivity index (χ2n) is 4.21. The normalized spacial score (nSPS) is 10.2. The van der Waals surface area contributed by atoms with Gasteiger partial charge in [-0.2, -0.15) is 0 Å². The molecule has 110 valence electrons. The molecule has 0 aliphatic heterocycles. The van der Waals surface area contributed by atoms with Crippen molar-refractivity contribution >= 4 is 28.7 Å². The lowest BCUT2D eigenvalue weighted by molar-refractivity contribution is 0.0601. The quantitative estimate of drug-likeness (QED) is 0.598. The summed E-state index contributed by atoms with van der Waals surface area (Å²) in [6, 6.07) is 6.80. The summed E-state index contributed by atoms with van der Waals surface area (Å²) >= 11 is 0. The van der Waals surface area contributed by atoms with E-state index in [1.165, 1.54) is 24.3 Å². The molecule has 0 bridgehead atoms.